The predicted octanol–water partition coefficient (Wildman–Crippen LogP) is 11.8. The largest absolute Gasteiger partial charge is 0.469 e. The highest BCUT2D eigenvalue weighted by molar-refractivity contribution is 5.70. The van der Waals surface area contributed by atoms with Gasteiger partial charge in [0.15, 0.2) is 0 Å². The van der Waals surface area contributed by atoms with Crippen molar-refractivity contribution in [3.8, 4) is 0 Å². The Hall–Kier alpha value is -3.95. The Kier molecular flexibility index (Phi) is 126. The van der Waals surface area contributed by atoms with Gasteiger partial charge in [-0.25, -0.2) is 0 Å². The van der Waals surface area contributed by atoms with E-state index in [9.17, 15) is 33.6 Å². The van der Waals surface area contributed by atoms with Crippen LogP contribution in [0.2, 0.25) is 0 Å². The molecular weight excluding hydrogens is 1020 g/mol. The van der Waals surface area contributed by atoms with E-state index in [1.807, 2.05) is 13.8 Å². The van der Waals surface area contributed by atoms with E-state index in [-0.39, 0.29) is 41.8 Å². The summed E-state index contributed by atoms with van der Waals surface area (Å²) in [4.78, 5) is 70.9. The quantitative estimate of drug-likeness (QED) is 0.0330. The van der Waals surface area contributed by atoms with Gasteiger partial charge in [0, 0.05) is 128 Å². The fourth-order valence-electron chi connectivity index (χ4n) is 4.51. The lowest BCUT2D eigenvalue weighted by Crippen LogP contribution is -1.98. The number of hydrogen-bond acceptors (Lipinski definition) is 20. The molecule has 0 rings (SSSR count). The molecule has 0 spiro atoms. The number of hydrogen-bond donors (Lipinski definition) is 0. The first-order chi connectivity index (χ1) is 37.3. The molecule has 78 heavy (non-hydrogen) atoms. The highest BCUT2D eigenvalue weighted by atomic mass is 16.5. The van der Waals surface area contributed by atoms with Crippen molar-refractivity contribution in [3.63, 3.8) is 0 Å². The molecule has 0 aromatic rings. The van der Waals surface area contributed by atoms with Crippen LogP contribution in [0, 0.1) is 0 Å². The smallest absolute Gasteiger partial charge is 0.305 e. The summed E-state index contributed by atoms with van der Waals surface area (Å²) in [5.41, 5.74) is 0. The maximum atomic E-state index is 10.6. The van der Waals surface area contributed by atoms with Gasteiger partial charge in [-0.15, -0.1) is 0 Å². The van der Waals surface area contributed by atoms with Crippen LogP contribution < -0.4 is 0 Å². The molecule has 0 radical (unpaired) electrons. The van der Waals surface area contributed by atoms with Gasteiger partial charge in [0.05, 0.1) is 49.3 Å². The van der Waals surface area contributed by atoms with E-state index >= 15 is 0 Å². The second kappa shape index (κ2) is 102. The Morgan fingerprint density at radius 2 is 0.500 bits per heavy atom. The zero-order valence-corrected chi connectivity index (χ0v) is 53.6. The van der Waals surface area contributed by atoms with E-state index in [2.05, 4.69) is 47.0 Å². The van der Waals surface area contributed by atoms with E-state index in [0.29, 0.717) is 38.7 Å². The van der Waals surface area contributed by atoms with Crippen LogP contribution in [0.25, 0.3) is 0 Å². The lowest BCUT2D eigenvalue weighted by atomic mass is 10.2. The number of unbranched alkanes of at least 4 members (excludes halogenated alkanes) is 12. The fraction of sp³-hybridized carbons (Fsp3) is 0.879. The standard InChI is InChI=1S/C8H18O2.C8H16O2.C7H16O2.C7H14O2.C6H14O2.C6H12O2.C5H10O2.2C4H8O2.C3H6O2/c1-9-7-5-3-4-6-8-10-2;1-3-4-5-6-7-8(9)10-2;1-8-6-4-3-5-7-9-2;1-3-4-5-6-7(8)9-2;1-7-5-3-4-6-8-2;1-3-4-5-6(7)8-2;1-3-4-5(6)7-2;1-3-4(5)6-2;1-3-6-4(2)5;1-3(4)5-2/h3-8H2,1-2H3;3-7H2,1-2H3;3-7H2,1-2H3;3-6H2,1-2H3;3-6H2,1-2H3;3-5H2,1-2H3;3-4H2,1-2H3;2*3H2,1-2H3;1-2H3. The topological polar surface area (TPSA) is 239 Å². The highest BCUT2D eigenvalue weighted by Crippen LogP contribution is 2.03. The molecule has 0 N–H and O–H groups in total. The van der Waals surface area contributed by atoms with Crippen LogP contribution in [0.4, 0.5) is 0 Å². The van der Waals surface area contributed by atoms with E-state index in [4.69, 9.17) is 28.4 Å². The molecule has 0 heterocycles. The summed E-state index contributed by atoms with van der Waals surface area (Å²) in [7, 11) is 18.8. The van der Waals surface area contributed by atoms with Crippen molar-refractivity contribution in [1.29, 1.82) is 0 Å². The first kappa shape index (κ1) is 96.3. The third kappa shape index (κ3) is 151. The van der Waals surface area contributed by atoms with Gasteiger partial charge in [0.25, 0.3) is 0 Å². The normalized spacial score (nSPS) is 8.97. The number of ether oxygens (including phenoxy) is 13. The number of methoxy groups -OCH3 is 12. The molecule has 20 nitrogen and oxygen atoms in total. The van der Waals surface area contributed by atoms with E-state index in [1.54, 1.807) is 56.5 Å². The number of rotatable bonds is 34. The van der Waals surface area contributed by atoms with Crippen molar-refractivity contribution in [2.24, 2.45) is 0 Å². The van der Waals surface area contributed by atoms with Crippen LogP contribution in [0.3, 0.4) is 0 Å². The van der Waals surface area contributed by atoms with Crippen molar-refractivity contribution >= 4 is 41.8 Å². The molecule has 0 aliphatic carbocycles. The monoisotopic (exact) mass is 1140 g/mol. The van der Waals surface area contributed by atoms with Crippen LogP contribution in [0.5, 0.6) is 0 Å². The summed E-state index contributed by atoms with van der Waals surface area (Å²) in [5, 5.41) is 0. The minimum absolute atomic E-state index is 0.0869. The van der Waals surface area contributed by atoms with Gasteiger partial charge in [-0.05, 0) is 77.6 Å². The molecule has 0 unspecified atom stereocenters. The van der Waals surface area contributed by atoms with Gasteiger partial charge in [-0.2, -0.15) is 0 Å². The molecule has 0 saturated heterocycles. The molecule has 0 fully saturated rings. The molecule has 0 atom stereocenters. The molecule has 0 aliphatic heterocycles. The Bertz CT molecular complexity index is 1120. The highest BCUT2D eigenvalue weighted by Gasteiger charge is 1.99. The zero-order chi connectivity index (χ0) is 62.2. The predicted molar refractivity (Wildman–Crippen MR) is 311 cm³/mol. The first-order valence-corrected chi connectivity index (χ1v) is 27.8. The summed E-state index contributed by atoms with van der Waals surface area (Å²) in [6, 6.07) is 0. The summed E-state index contributed by atoms with van der Waals surface area (Å²) >= 11 is 0. The molecule has 0 saturated carbocycles. The third-order valence-electron chi connectivity index (χ3n) is 9.06. The van der Waals surface area contributed by atoms with Crippen molar-refractivity contribution in [2.45, 2.75) is 209 Å². The Morgan fingerprint density at radius 3 is 0.692 bits per heavy atom. The maximum absolute atomic E-state index is 10.6. The van der Waals surface area contributed by atoms with Gasteiger partial charge in [0.1, 0.15) is 0 Å². The second-order valence-corrected chi connectivity index (χ2v) is 16.1. The van der Waals surface area contributed by atoms with Crippen molar-refractivity contribution in [3.05, 3.63) is 0 Å². The summed E-state index contributed by atoms with van der Waals surface area (Å²) in [6.45, 7) is 20.3. The summed E-state index contributed by atoms with van der Waals surface area (Å²) < 4.78 is 59.8. The average molecular weight is 1140 g/mol. The first-order valence-electron chi connectivity index (χ1n) is 27.8. The van der Waals surface area contributed by atoms with E-state index in [1.165, 1.54) is 101 Å². The maximum Gasteiger partial charge on any atom is 0.305 e. The summed E-state index contributed by atoms with van der Waals surface area (Å²) in [5.74, 6) is -1.02. The van der Waals surface area contributed by atoms with Crippen molar-refractivity contribution in [2.75, 3.05) is 132 Å². The Balaban J connectivity index is -0.0000000829. The Labute approximate surface area is 476 Å². The lowest BCUT2D eigenvalue weighted by Gasteiger charge is -1.98. The molecule has 0 aromatic heterocycles. The molecule has 0 amide bonds. The molecule has 0 aliphatic rings. The van der Waals surface area contributed by atoms with Crippen LogP contribution in [0.15, 0.2) is 0 Å². The van der Waals surface area contributed by atoms with Crippen LogP contribution in [-0.2, 0) is 95.1 Å². The average Bonchev–Trinajstić information content (AvgIpc) is 3.44. The minimum Gasteiger partial charge on any atom is -0.469 e. The third-order valence-corrected chi connectivity index (χ3v) is 9.06. The van der Waals surface area contributed by atoms with Gasteiger partial charge < -0.3 is 61.6 Å². The van der Waals surface area contributed by atoms with Gasteiger partial charge in [-0.1, -0.05) is 86.0 Å². The van der Waals surface area contributed by atoms with E-state index in [0.717, 1.165) is 117 Å². The van der Waals surface area contributed by atoms with Gasteiger partial charge >= 0.3 is 41.8 Å². The Morgan fingerprint density at radius 1 is 0.256 bits per heavy atom. The summed E-state index contributed by atoms with van der Waals surface area (Å²) in [6.07, 6.45) is 24.0. The number of carbonyl (C=O) groups excluding carboxylic acids is 7. The molecule has 0 aromatic carbocycles. The number of carbonyl (C=O) groups is 7. The zero-order valence-electron chi connectivity index (χ0n) is 53.6. The van der Waals surface area contributed by atoms with Crippen molar-refractivity contribution in [1.82, 2.24) is 0 Å². The second-order valence-electron chi connectivity index (χ2n) is 16.1. The van der Waals surface area contributed by atoms with E-state index < -0.39 is 0 Å². The van der Waals surface area contributed by atoms with Gasteiger partial charge in [0.2, 0.25) is 0 Å². The van der Waals surface area contributed by atoms with Crippen molar-refractivity contribution < 1.29 is 95.1 Å². The molecule has 20 heteroatoms. The molecule has 0 bridgehead atoms. The van der Waals surface area contributed by atoms with Crippen LogP contribution >= 0.6 is 0 Å². The fourth-order valence-corrected chi connectivity index (χ4v) is 4.51. The van der Waals surface area contributed by atoms with Crippen LogP contribution in [0.1, 0.15) is 209 Å². The molecular formula is C58H122O20. The molecule has 474 valence electrons. The minimum atomic E-state index is -0.245. The SMILES string of the molecule is CCC(=O)OC.CCCC(=O)OC.CCCCC(=O)OC.CCCCCC(=O)OC.CCCCCCC(=O)OC.CCOC(C)=O.COC(C)=O.COCCCCCCOC.COCCCCCOC.COCCCCOC. The lowest BCUT2D eigenvalue weighted by molar-refractivity contribution is -0.141. The van der Waals surface area contributed by atoms with Crippen LogP contribution in [-0.4, -0.2) is 173 Å². The number of esters is 7. The van der Waals surface area contributed by atoms with Gasteiger partial charge in [-0.3, -0.25) is 33.6 Å².